The van der Waals surface area contributed by atoms with Crippen molar-refractivity contribution in [2.75, 3.05) is 26.4 Å². The van der Waals surface area contributed by atoms with E-state index in [4.69, 9.17) is 28.4 Å². The molecule has 0 radical (unpaired) electrons. The van der Waals surface area contributed by atoms with Crippen LogP contribution in [-0.2, 0) is 19.1 Å². The van der Waals surface area contributed by atoms with Gasteiger partial charge in [-0.05, 0) is 92.4 Å². The molecule has 3 aromatic carbocycles. The highest BCUT2D eigenvalue weighted by Crippen LogP contribution is 2.23. The second kappa shape index (κ2) is 25.2. The molecule has 0 bridgehead atoms. The predicted molar refractivity (Wildman–Crippen MR) is 205 cm³/mol. The Morgan fingerprint density at radius 3 is 1.27 bits per heavy atom. The van der Waals surface area contributed by atoms with Crippen molar-refractivity contribution in [2.24, 2.45) is 0 Å². The Morgan fingerprint density at radius 2 is 0.855 bits per heavy atom. The summed E-state index contributed by atoms with van der Waals surface area (Å²) in [6, 6.07) is 16.5. The van der Waals surface area contributed by atoms with Crippen molar-refractivity contribution in [3.05, 3.63) is 109 Å². The highest BCUT2D eigenvalue weighted by atomic mass is 16.5. The molecule has 0 aliphatic heterocycles. The molecule has 12 heteroatoms. The smallest absolute Gasteiger partial charge is 0.344 e. The van der Waals surface area contributed by atoms with Gasteiger partial charge in [-0.15, -0.1) is 0 Å². The first-order valence-corrected chi connectivity index (χ1v) is 18.6. The molecule has 0 unspecified atom stereocenters. The third kappa shape index (κ3) is 17.2. The maximum atomic E-state index is 12.9. The SMILES string of the molecule is C=CC(=O)OCCCCCCCCOc1ccc(OC(=O)c2ccc(C(=O)Oc3ccc(OCCCCCCCCOC(=O)C=C)cc3)c(C(=O)O)c2)cc1. The summed E-state index contributed by atoms with van der Waals surface area (Å²) in [6.07, 6.45) is 13.9. The van der Waals surface area contributed by atoms with Gasteiger partial charge in [0, 0.05) is 12.2 Å². The fourth-order valence-corrected chi connectivity index (χ4v) is 5.23. The highest BCUT2D eigenvalue weighted by molar-refractivity contribution is 6.05. The van der Waals surface area contributed by atoms with Gasteiger partial charge in [0.25, 0.3) is 0 Å². The number of carboxylic acid groups (broad SMARTS) is 1. The molecule has 0 fully saturated rings. The summed E-state index contributed by atoms with van der Waals surface area (Å²) in [7, 11) is 0. The summed E-state index contributed by atoms with van der Waals surface area (Å²) >= 11 is 0. The second-order valence-corrected chi connectivity index (χ2v) is 12.5. The van der Waals surface area contributed by atoms with Crippen LogP contribution < -0.4 is 18.9 Å². The Bertz CT molecular complexity index is 1700. The van der Waals surface area contributed by atoms with Crippen LogP contribution in [-0.4, -0.2) is 61.4 Å². The third-order valence-corrected chi connectivity index (χ3v) is 8.21. The lowest BCUT2D eigenvalue weighted by molar-refractivity contribution is -0.138. The molecule has 0 spiro atoms. The number of esters is 4. The molecule has 0 aliphatic rings. The number of ether oxygens (including phenoxy) is 6. The van der Waals surface area contributed by atoms with E-state index in [1.165, 1.54) is 12.1 Å². The summed E-state index contributed by atoms with van der Waals surface area (Å²) in [6.45, 7) is 8.60. The number of aromatic carboxylic acids is 1. The molecular weight excluding hydrogens is 708 g/mol. The number of carbonyl (C=O) groups excluding carboxylic acids is 4. The van der Waals surface area contributed by atoms with Crippen LogP contribution in [0.15, 0.2) is 92.0 Å². The third-order valence-electron chi connectivity index (χ3n) is 8.21. The van der Waals surface area contributed by atoms with Crippen LogP contribution in [0, 0.1) is 0 Å². The van der Waals surface area contributed by atoms with Crippen molar-refractivity contribution in [3.63, 3.8) is 0 Å². The molecule has 0 aromatic heterocycles. The van der Waals surface area contributed by atoms with Gasteiger partial charge in [0.05, 0.1) is 43.1 Å². The van der Waals surface area contributed by atoms with Gasteiger partial charge in [-0.3, -0.25) is 0 Å². The van der Waals surface area contributed by atoms with E-state index in [1.54, 1.807) is 48.5 Å². The Labute approximate surface area is 322 Å². The molecule has 0 atom stereocenters. The van der Waals surface area contributed by atoms with Crippen LogP contribution in [0.1, 0.15) is 108 Å². The van der Waals surface area contributed by atoms with Crippen molar-refractivity contribution >= 4 is 29.8 Å². The number of unbranched alkanes of at least 4 members (excludes halogenated alkanes) is 10. The minimum absolute atomic E-state index is 0.0555. The van der Waals surface area contributed by atoms with Gasteiger partial charge >= 0.3 is 29.8 Å². The number of hydrogen-bond acceptors (Lipinski definition) is 11. The average Bonchev–Trinajstić information content (AvgIpc) is 3.19. The topological polar surface area (TPSA) is 161 Å². The van der Waals surface area contributed by atoms with Crippen molar-refractivity contribution in [3.8, 4) is 23.0 Å². The highest BCUT2D eigenvalue weighted by Gasteiger charge is 2.22. The number of carbonyl (C=O) groups is 5. The van der Waals surface area contributed by atoms with Gasteiger partial charge in [0.1, 0.15) is 23.0 Å². The van der Waals surface area contributed by atoms with Gasteiger partial charge in [0.15, 0.2) is 0 Å². The zero-order valence-electron chi connectivity index (χ0n) is 31.2. The summed E-state index contributed by atoms with van der Waals surface area (Å²) in [5.41, 5.74) is -0.691. The minimum Gasteiger partial charge on any atom is -0.494 e. The van der Waals surface area contributed by atoms with Crippen LogP contribution in [0.4, 0.5) is 0 Å². The van der Waals surface area contributed by atoms with Gasteiger partial charge in [-0.2, -0.15) is 0 Å². The first-order chi connectivity index (χ1) is 26.7. The summed E-state index contributed by atoms with van der Waals surface area (Å²) < 4.78 is 32.3. The van der Waals surface area contributed by atoms with Crippen molar-refractivity contribution in [1.82, 2.24) is 0 Å². The van der Waals surface area contributed by atoms with Crippen LogP contribution in [0.25, 0.3) is 0 Å². The predicted octanol–water partition coefficient (Wildman–Crippen LogP) is 8.72. The lowest BCUT2D eigenvalue weighted by Gasteiger charge is -2.11. The van der Waals surface area contributed by atoms with Crippen molar-refractivity contribution in [2.45, 2.75) is 77.0 Å². The maximum Gasteiger partial charge on any atom is 0.344 e. The minimum atomic E-state index is -1.41. The Morgan fingerprint density at radius 1 is 0.473 bits per heavy atom. The Balaban J connectivity index is 1.37. The van der Waals surface area contributed by atoms with Crippen molar-refractivity contribution in [1.29, 1.82) is 0 Å². The van der Waals surface area contributed by atoms with E-state index < -0.39 is 35.4 Å². The maximum absolute atomic E-state index is 12.9. The molecule has 3 rings (SSSR count). The van der Waals surface area contributed by atoms with Gasteiger partial charge in [-0.1, -0.05) is 64.5 Å². The molecule has 0 heterocycles. The van der Waals surface area contributed by atoms with E-state index in [1.807, 2.05) is 0 Å². The molecule has 0 saturated heterocycles. The molecule has 0 aliphatic carbocycles. The zero-order chi connectivity index (χ0) is 39.7. The van der Waals surface area contributed by atoms with E-state index >= 15 is 0 Å². The normalized spacial score (nSPS) is 10.5. The fraction of sp³-hybridized carbons (Fsp3) is 0.372. The van der Waals surface area contributed by atoms with Crippen LogP contribution in [0.2, 0.25) is 0 Å². The molecule has 3 aromatic rings. The molecule has 55 heavy (non-hydrogen) atoms. The van der Waals surface area contributed by atoms with E-state index in [9.17, 15) is 29.1 Å². The molecule has 294 valence electrons. The standard InChI is InChI=1S/C43H50O12/c1-3-39(44)52-29-15-11-7-5-9-13-27-50-33-18-22-35(23-19-33)54-42(48)32-17-26-37(38(31-32)41(46)47)43(49)55-36-24-20-34(21-25-36)51-28-14-10-6-8-12-16-30-53-40(45)4-2/h3-4,17-26,31H,1-2,5-16,27-30H2,(H,46,47). The van der Waals surface area contributed by atoms with Crippen LogP contribution in [0.3, 0.4) is 0 Å². The molecule has 1 N–H and O–H groups in total. The molecule has 0 amide bonds. The molecular formula is C43H50O12. The number of hydrogen-bond donors (Lipinski definition) is 1. The first-order valence-electron chi connectivity index (χ1n) is 18.6. The van der Waals surface area contributed by atoms with Crippen LogP contribution >= 0.6 is 0 Å². The first kappa shape index (κ1) is 43.5. The van der Waals surface area contributed by atoms with E-state index in [-0.39, 0.29) is 22.6 Å². The summed E-state index contributed by atoms with van der Waals surface area (Å²) in [4.78, 5) is 59.9. The van der Waals surface area contributed by atoms with Crippen molar-refractivity contribution < 1.29 is 57.5 Å². The lowest BCUT2D eigenvalue weighted by Crippen LogP contribution is -2.16. The Hall–Kier alpha value is -5.91. The van der Waals surface area contributed by atoms with Gasteiger partial charge < -0.3 is 33.5 Å². The summed E-state index contributed by atoms with van der Waals surface area (Å²) in [5.74, 6) is -2.26. The van der Waals surface area contributed by atoms with E-state index in [0.717, 1.165) is 95.3 Å². The quantitative estimate of drug-likeness (QED) is 0.0341. The van der Waals surface area contributed by atoms with Gasteiger partial charge in [-0.25, -0.2) is 24.0 Å². The van der Waals surface area contributed by atoms with Gasteiger partial charge in [0.2, 0.25) is 0 Å². The number of benzene rings is 3. The average molecular weight is 759 g/mol. The van der Waals surface area contributed by atoms with E-state index in [2.05, 4.69) is 13.2 Å². The summed E-state index contributed by atoms with van der Waals surface area (Å²) in [5, 5.41) is 9.81. The second-order valence-electron chi connectivity index (χ2n) is 12.5. The largest absolute Gasteiger partial charge is 0.494 e. The van der Waals surface area contributed by atoms with E-state index in [0.29, 0.717) is 37.9 Å². The molecule has 12 nitrogen and oxygen atoms in total. The number of carboxylic acids is 1. The molecule has 0 saturated carbocycles. The Kier molecular flexibility index (Phi) is 19.9. The lowest BCUT2D eigenvalue weighted by atomic mass is 10.0. The monoisotopic (exact) mass is 758 g/mol. The number of rotatable bonds is 27. The van der Waals surface area contributed by atoms with Crippen LogP contribution in [0.5, 0.6) is 23.0 Å². The zero-order valence-corrected chi connectivity index (χ0v) is 31.2. The fourth-order valence-electron chi connectivity index (χ4n) is 5.23.